The van der Waals surface area contributed by atoms with Crippen LogP contribution in [0.2, 0.25) is 0 Å². The van der Waals surface area contributed by atoms with Gasteiger partial charge in [0.1, 0.15) is 19.3 Å². The maximum atomic E-state index is 13.1. The van der Waals surface area contributed by atoms with Gasteiger partial charge in [0.15, 0.2) is 12.2 Å². The lowest BCUT2D eigenvalue weighted by molar-refractivity contribution is -0.161. The van der Waals surface area contributed by atoms with Crippen molar-refractivity contribution < 1.29 is 80.2 Å². The lowest BCUT2D eigenvalue weighted by atomic mass is 9.99. The summed E-state index contributed by atoms with van der Waals surface area (Å²) in [5.41, 5.74) is 0. The van der Waals surface area contributed by atoms with E-state index >= 15 is 0 Å². The largest absolute Gasteiger partial charge is 0.472 e. The summed E-state index contributed by atoms with van der Waals surface area (Å²) in [7, 11) is -9.90. The average molecular weight is 1380 g/mol. The van der Waals surface area contributed by atoms with Crippen LogP contribution < -0.4 is 0 Å². The Kier molecular flexibility index (Phi) is 66.8. The second-order valence-electron chi connectivity index (χ2n) is 27.3. The molecule has 0 aliphatic carbocycles. The molecule has 19 heteroatoms. The first kappa shape index (κ1) is 92.1. The first-order chi connectivity index (χ1) is 45.6. The van der Waals surface area contributed by atoms with Gasteiger partial charge in [0.05, 0.1) is 26.4 Å². The number of carbonyl (C=O) groups excluding carboxylic acids is 4. The van der Waals surface area contributed by atoms with Crippen molar-refractivity contribution in [3.05, 3.63) is 0 Å². The quantitative estimate of drug-likeness (QED) is 0.0222. The highest BCUT2D eigenvalue weighted by molar-refractivity contribution is 7.47. The highest BCUT2D eigenvalue weighted by Crippen LogP contribution is 2.45. The predicted molar refractivity (Wildman–Crippen MR) is 382 cm³/mol. The van der Waals surface area contributed by atoms with E-state index in [0.717, 1.165) is 102 Å². The summed E-state index contributed by atoms with van der Waals surface area (Å²) >= 11 is 0. The Balaban J connectivity index is 5.14. The van der Waals surface area contributed by atoms with Crippen molar-refractivity contribution in [1.29, 1.82) is 0 Å². The summed E-state index contributed by atoms with van der Waals surface area (Å²) in [6.45, 7) is 7.19. The summed E-state index contributed by atoms with van der Waals surface area (Å²) in [5.74, 6) is -1.36. The Morgan fingerprint density at radius 2 is 0.511 bits per heavy atom. The molecule has 94 heavy (non-hydrogen) atoms. The molecule has 0 saturated heterocycles. The molecule has 0 aliphatic heterocycles. The van der Waals surface area contributed by atoms with Crippen LogP contribution in [-0.4, -0.2) is 96.7 Å². The van der Waals surface area contributed by atoms with Crippen molar-refractivity contribution in [2.24, 2.45) is 5.92 Å². The van der Waals surface area contributed by atoms with Gasteiger partial charge < -0.3 is 33.8 Å². The maximum Gasteiger partial charge on any atom is 0.472 e. The summed E-state index contributed by atoms with van der Waals surface area (Å²) in [6, 6.07) is 0. The van der Waals surface area contributed by atoms with Gasteiger partial charge in [-0.1, -0.05) is 343 Å². The molecule has 558 valence electrons. The van der Waals surface area contributed by atoms with Gasteiger partial charge >= 0.3 is 39.5 Å². The molecule has 17 nitrogen and oxygen atoms in total. The number of unbranched alkanes of at least 4 members (excludes halogenated alkanes) is 46. The van der Waals surface area contributed by atoms with E-state index in [1.54, 1.807) is 0 Å². The highest BCUT2D eigenvalue weighted by atomic mass is 31.2. The standard InChI is InChI=1S/C75H146O17P2/c1-6-10-13-16-18-20-22-24-26-28-30-32-34-36-38-40-45-50-55-60-74(79)92-71(65-86-73(78)59-54-49-44-39-37-35-33-31-29-27-25-23-21-19-17-14-11-7-2)67-90-94(83,84)88-63-69(76)62-87-93(81,82)89-66-70(64-85-72(77)58-53-47-15-12-8-3)91-75(80)61-56-51-46-42-41-43-48-52-57-68(5)9-4/h68-71,76H,6-67H2,1-5H3,(H,81,82)(H,83,84)/t68?,69-,70+,71+/m0/s1. The van der Waals surface area contributed by atoms with E-state index in [1.165, 1.54) is 212 Å². The van der Waals surface area contributed by atoms with Crippen molar-refractivity contribution in [3.8, 4) is 0 Å². The zero-order chi connectivity index (χ0) is 69.1. The van der Waals surface area contributed by atoms with Crippen LogP contribution in [0.3, 0.4) is 0 Å². The fraction of sp³-hybridized carbons (Fsp3) is 0.947. The van der Waals surface area contributed by atoms with Gasteiger partial charge in [0, 0.05) is 25.7 Å². The Hall–Kier alpha value is -1.94. The van der Waals surface area contributed by atoms with E-state index in [2.05, 4.69) is 34.6 Å². The van der Waals surface area contributed by atoms with Crippen LogP contribution in [0.1, 0.15) is 394 Å². The lowest BCUT2D eigenvalue weighted by Gasteiger charge is -2.21. The molecule has 0 aromatic rings. The fourth-order valence-corrected chi connectivity index (χ4v) is 13.1. The molecular weight excluding hydrogens is 1230 g/mol. The van der Waals surface area contributed by atoms with E-state index in [1.807, 2.05) is 0 Å². The molecule has 3 N–H and O–H groups in total. The Bertz CT molecular complexity index is 1810. The first-order valence-corrected chi connectivity index (χ1v) is 42.2. The third-order valence-electron chi connectivity index (χ3n) is 17.9. The van der Waals surface area contributed by atoms with Crippen LogP contribution in [0.15, 0.2) is 0 Å². The van der Waals surface area contributed by atoms with E-state index < -0.39 is 97.5 Å². The molecule has 0 fully saturated rings. The molecule has 0 saturated carbocycles. The zero-order valence-corrected chi connectivity index (χ0v) is 62.9. The molecular formula is C75H146O17P2. The number of aliphatic hydroxyl groups excluding tert-OH is 1. The van der Waals surface area contributed by atoms with Crippen molar-refractivity contribution >= 4 is 39.5 Å². The minimum atomic E-state index is -4.95. The summed E-state index contributed by atoms with van der Waals surface area (Å²) < 4.78 is 68.3. The molecule has 0 spiro atoms. The molecule has 0 heterocycles. The van der Waals surface area contributed by atoms with Gasteiger partial charge in [-0.25, -0.2) is 9.13 Å². The number of hydrogen-bond acceptors (Lipinski definition) is 15. The molecule has 0 rings (SSSR count). The lowest BCUT2D eigenvalue weighted by Crippen LogP contribution is -2.30. The number of ether oxygens (including phenoxy) is 4. The molecule has 0 aliphatic rings. The van der Waals surface area contributed by atoms with Crippen LogP contribution in [-0.2, 0) is 65.4 Å². The van der Waals surface area contributed by atoms with Gasteiger partial charge in [-0.05, 0) is 31.6 Å². The number of esters is 4. The van der Waals surface area contributed by atoms with Gasteiger partial charge in [-0.15, -0.1) is 0 Å². The van der Waals surface area contributed by atoms with Crippen LogP contribution in [0.4, 0.5) is 0 Å². The number of aliphatic hydroxyl groups is 1. The number of hydrogen-bond donors (Lipinski definition) is 3. The predicted octanol–water partition coefficient (Wildman–Crippen LogP) is 22.1. The van der Waals surface area contributed by atoms with Crippen LogP contribution in [0.5, 0.6) is 0 Å². The molecule has 0 bridgehead atoms. The van der Waals surface area contributed by atoms with E-state index in [0.29, 0.717) is 25.7 Å². The SMILES string of the molecule is CCCCCCCCCCCCCCCCCCCCCC(=O)O[C@H](COC(=O)CCCCCCCCCCCCCCCCCCCC)COP(=O)(O)OC[C@@H](O)COP(=O)(O)OC[C@@H](COC(=O)CCCCCCC)OC(=O)CCCCCCCCCCC(C)CC. The molecule has 0 aromatic heterocycles. The van der Waals surface area contributed by atoms with Gasteiger partial charge in [0.2, 0.25) is 0 Å². The van der Waals surface area contributed by atoms with Crippen LogP contribution >= 0.6 is 15.6 Å². The third kappa shape index (κ3) is 67.3. The number of phosphoric ester groups is 2. The highest BCUT2D eigenvalue weighted by Gasteiger charge is 2.30. The van der Waals surface area contributed by atoms with E-state index in [-0.39, 0.29) is 25.7 Å². The minimum Gasteiger partial charge on any atom is -0.462 e. The third-order valence-corrected chi connectivity index (χ3v) is 19.8. The molecule has 0 aromatic carbocycles. The minimum absolute atomic E-state index is 0.104. The summed E-state index contributed by atoms with van der Waals surface area (Å²) in [5, 5.41) is 10.6. The van der Waals surface area contributed by atoms with Gasteiger partial charge in [-0.3, -0.25) is 37.3 Å². The van der Waals surface area contributed by atoms with Crippen molar-refractivity contribution in [1.82, 2.24) is 0 Å². The Morgan fingerprint density at radius 1 is 0.298 bits per heavy atom. The smallest absolute Gasteiger partial charge is 0.462 e. The van der Waals surface area contributed by atoms with Crippen molar-refractivity contribution in [3.63, 3.8) is 0 Å². The number of rotatable bonds is 75. The van der Waals surface area contributed by atoms with E-state index in [9.17, 15) is 43.2 Å². The second-order valence-corrected chi connectivity index (χ2v) is 30.2. The normalized spacial score (nSPS) is 14.3. The maximum absolute atomic E-state index is 13.1. The molecule has 6 atom stereocenters. The van der Waals surface area contributed by atoms with Crippen LogP contribution in [0, 0.1) is 5.92 Å². The van der Waals surface area contributed by atoms with Gasteiger partial charge in [-0.2, -0.15) is 0 Å². The molecule has 0 radical (unpaired) electrons. The van der Waals surface area contributed by atoms with Crippen molar-refractivity contribution in [2.75, 3.05) is 39.6 Å². The topological polar surface area (TPSA) is 237 Å². The summed E-state index contributed by atoms with van der Waals surface area (Å²) in [4.78, 5) is 72.5. The molecule has 0 amide bonds. The zero-order valence-electron chi connectivity index (χ0n) is 61.1. The number of phosphoric acid groups is 2. The first-order valence-electron chi connectivity index (χ1n) is 39.2. The monoisotopic (exact) mass is 1380 g/mol. The van der Waals surface area contributed by atoms with Crippen molar-refractivity contribution in [2.45, 2.75) is 412 Å². The summed E-state index contributed by atoms with van der Waals surface area (Å²) in [6.07, 6.45) is 57.4. The fourth-order valence-electron chi connectivity index (χ4n) is 11.5. The van der Waals surface area contributed by atoms with Crippen LogP contribution in [0.25, 0.3) is 0 Å². The molecule has 3 unspecified atom stereocenters. The average Bonchev–Trinajstić information content (AvgIpc) is 1.74. The van der Waals surface area contributed by atoms with Gasteiger partial charge in [0.25, 0.3) is 0 Å². The Morgan fingerprint density at radius 3 is 0.755 bits per heavy atom. The number of carbonyl (C=O) groups is 4. The second kappa shape index (κ2) is 68.2. The van der Waals surface area contributed by atoms with E-state index in [4.69, 9.17) is 37.0 Å². The Labute approximate surface area is 575 Å².